The standard InChI is InChI=1S/C22H24N4O.C2H6/c1-15(2)25-21-12-20(14-24-16(21)3)22(27)26-10-8-19(9-11-26)18-6-4-17(13-23)5-7-18;1-2/h4-7,12,14,19,25H,1,8-11H2,2-3H3;1-2H3. The molecule has 0 atom stereocenters. The van der Waals surface area contributed by atoms with Gasteiger partial charge in [-0.05, 0) is 56.4 Å². The minimum Gasteiger partial charge on any atom is -0.358 e. The van der Waals surface area contributed by atoms with Gasteiger partial charge < -0.3 is 10.2 Å². The van der Waals surface area contributed by atoms with Crippen LogP contribution in [0.25, 0.3) is 0 Å². The zero-order valence-corrected chi connectivity index (χ0v) is 17.8. The maximum absolute atomic E-state index is 12.9. The first-order valence-corrected chi connectivity index (χ1v) is 10.2. The number of amides is 1. The topological polar surface area (TPSA) is 69.0 Å². The van der Waals surface area contributed by atoms with Crippen LogP contribution >= 0.6 is 0 Å². The van der Waals surface area contributed by atoms with Crippen molar-refractivity contribution in [2.24, 2.45) is 0 Å². The molecular formula is C24H30N4O. The molecule has 1 N–H and O–H groups in total. The van der Waals surface area contributed by atoms with E-state index in [2.05, 4.69) is 22.9 Å². The van der Waals surface area contributed by atoms with Crippen molar-refractivity contribution in [1.82, 2.24) is 9.88 Å². The lowest BCUT2D eigenvalue weighted by Gasteiger charge is -2.32. The van der Waals surface area contributed by atoms with Crippen LogP contribution in [0.5, 0.6) is 0 Å². The third-order valence-electron chi connectivity index (χ3n) is 4.98. The molecule has 1 aromatic heterocycles. The zero-order chi connectivity index (χ0) is 21.4. The van der Waals surface area contributed by atoms with E-state index in [0.717, 1.165) is 43.0 Å². The van der Waals surface area contributed by atoms with Gasteiger partial charge in [0.25, 0.3) is 5.91 Å². The summed E-state index contributed by atoms with van der Waals surface area (Å²) in [4.78, 5) is 19.1. The first-order chi connectivity index (χ1) is 14.0. The van der Waals surface area contributed by atoms with Crippen LogP contribution < -0.4 is 5.32 Å². The quantitative estimate of drug-likeness (QED) is 0.774. The van der Waals surface area contributed by atoms with Crippen molar-refractivity contribution < 1.29 is 4.79 Å². The summed E-state index contributed by atoms with van der Waals surface area (Å²) < 4.78 is 0. The van der Waals surface area contributed by atoms with Crippen LogP contribution in [-0.4, -0.2) is 28.9 Å². The Morgan fingerprint density at radius 3 is 2.41 bits per heavy atom. The smallest absolute Gasteiger partial charge is 0.255 e. The molecule has 0 saturated carbocycles. The van der Waals surface area contributed by atoms with Gasteiger partial charge in [-0.3, -0.25) is 9.78 Å². The molecule has 0 aliphatic carbocycles. The number of nitrogens with one attached hydrogen (secondary N) is 1. The fraction of sp³-hybridized carbons (Fsp3) is 0.375. The first kappa shape index (κ1) is 22.2. The number of anilines is 1. The molecule has 3 rings (SSSR count). The second kappa shape index (κ2) is 10.4. The van der Waals surface area contributed by atoms with Crippen LogP contribution in [-0.2, 0) is 0 Å². The van der Waals surface area contributed by atoms with Crippen LogP contribution in [0.4, 0.5) is 5.69 Å². The van der Waals surface area contributed by atoms with Gasteiger partial charge in [-0.1, -0.05) is 32.6 Å². The molecule has 0 spiro atoms. The van der Waals surface area contributed by atoms with Crippen molar-refractivity contribution >= 4 is 11.6 Å². The Morgan fingerprint density at radius 1 is 1.24 bits per heavy atom. The van der Waals surface area contributed by atoms with Gasteiger partial charge in [-0.2, -0.15) is 5.26 Å². The van der Waals surface area contributed by atoms with Gasteiger partial charge in [0.05, 0.1) is 28.6 Å². The highest BCUT2D eigenvalue weighted by atomic mass is 16.2. The minimum atomic E-state index is 0.0190. The summed E-state index contributed by atoms with van der Waals surface area (Å²) in [7, 11) is 0. The largest absolute Gasteiger partial charge is 0.358 e. The minimum absolute atomic E-state index is 0.0190. The third kappa shape index (κ3) is 5.68. The van der Waals surface area contributed by atoms with Gasteiger partial charge >= 0.3 is 0 Å². The van der Waals surface area contributed by atoms with E-state index in [1.165, 1.54) is 5.56 Å². The normalized spacial score (nSPS) is 13.7. The van der Waals surface area contributed by atoms with Crippen LogP contribution in [0.15, 0.2) is 48.8 Å². The van der Waals surface area contributed by atoms with E-state index in [9.17, 15) is 4.79 Å². The van der Waals surface area contributed by atoms with E-state index in [4.69, 9.17) is 5.26 Å². The van der Waals surface area contributed by atoms with E-state index in [1.807, 2.05) is 62.9 Å². The highest BCUT2D eigenvalue weighted by molar-refractivity contribution is 5.95. The van der Waals surface area contributed by atoms with Crippen LogP contribution in [0, 0.1) is 18.3 Å². The van der Waals surface area contributed by atoms with E-state index < -0.39 is 0 Å². The summed E-state index contributed by atoms with van der Waals surface area (Å²) in [6.07, 6.45) is 3.50. The van der Waals surface area contributed by atoms with Crippen molar-refractivity contribution in [3.63, 3.8) is 0 Å². The lowest BCUT2D eigenvalue weighted by molar-refractivity contribution is 0.0712. The molecule has 29 heavy (non-hydrogen) atoms. The fourth-order valence-electron chi connectivity index (χ4n) is 3.43. The Kier molecular flexibility index (Phi) is 7.97. The second-order valence-corrected chi connectivity index (χ2v) is 7.06. The van der Waals surface area contributed by atoms with Crippen molar-refractivity contribution in [2.45, 2.75) is 46.5 Å². The number of benzene rings is 1. The number of piperidine rings is 1. The number of carbonyl (C=O) groups excluding carboxylic acids is 1. The Balaban J connectivity index is 0.00000145. The van der Waals surface area contributed by atoms with Crippen LogP contribution in [0.1, 0.15) is 66.7 Å². The Bertz CT molecular complexity index is 888. The van der Waals surface area contributed by atoms with Gasteiger partial charge in [-0.15, -0.1) is 0 Å². The van der Waals surface area contributed by atoms with Crippen LogP contribution in [0.3, 0.4) is 0 Å². The highest BCUT2D eigenvalue weighted by Gasteiger charge is 2.25. The predicted octanol–water partition coefficient (Wildman–Crippen LogP) is 5.25. The molecule has 0 bridgehead atoms. The number of allylic oxidation sites excluding steroid dienone is 1. The molecule has 152 valence electrons. The molecule has 2 heterocycles. The predicted molar refractivity (Wildman–Crippen MR) is 118 cm³/mol. The first-order valence-electron chi connectivity index (χ1n) is 10.2. The Hall–Kier alpha value is -3.13. The third-order valence-corrected chi connectivity index (χ3v) is 4.98. The second-order valence-electron chi connectivity index (χ2n) is 7.06. The molecule has 5 heteroatoms. The number of nitriles is 1. The molecule has 1 aliphatic rings. The number of aryl methyl sites for hydroxylation is 1. The number of nitrogens with zero attached hydrogens (tertiary/aromatic N) is 3. The monoisotopic (exact) mass is 390 g/mol. The van der Waals surface area contributed by atoms with Crippen molar-refractivity contribution in [1.29, 1.82) is 5.26 Å². The lowest BCUT2D eigenvalue weighted by atomic mass is 9.89. The molecule has 1 aliphatic heterocycles. The molecule has 0 unspecified atom stereocenters. The summed E-state index contributed by atoms with van der Waals surface area (Å²) in [5.41, 5.74) is 4.99. The average Bonchev–Trinajstić information content (AvgIpc) is 2.76. The Labute approximate surface area is 174 Å². The number of hydrogen-bond acceptors (Lipinski definition) is 4. The van der Waals surface area contributed by atoms with Gasteiger partial charge in [0.15, 0.2) is 0 Å². The fourth-order valence-corrected chi connectivity index (χ4v) is 3.43. The van der Waals surface area contributed by atoms with E-state index in [1.54, 1.807) is 6.20 Å². The summed E-state index contributed by atoms with van der Waals surface area (Å²) in [6.45, 7) is 13.1. The van der Waals surface area contributed by atoms with Crippen molar-refractivity contribution in [3.8, 4) is 6.07 Å². The molecule has 1 aromatic carbocycles. The molecule has 5 nitrogen and oxygen atoms in total. The lowest BCUT2D eigenvalue weighted by Crippen LogP contribution is -2.38. The highest BCUT2D eigenvalue weighted by Crippen LogP contribution is 2.29. The molecule has 1 saturated heterocycles. The number of pyridine rings is 1. The van der Waals surface area contributed by atoms with Gasteiger partial charge in [0.1, 0.15) is 0 Å². The molecule has 1 amide bonds. The van der Waals surface area contributed by atoms with Gasteiger partial charge in [0.2, 0.25) is 0 Å². The van der Waals surface area contributed by atoms with Gasteiger partial charge in [0, 0.05) is 25.0 Å². The number of rotatable bonds is 4. The molecule has 1 fully saturated rings. The summed E-state index contributed by atoms with van der Waals surface area (Å²) in [5, 5.41) is 12.1. The Morgan fingerprint density at radius 2 is 1.86 bits per heavy atom. The maximum Gasteiger partial charge on any atom is 0.255 e. The zero-order valence-electron chi connectivity index (χ0n) is 17.8. The molecule has 2 aromatic rings. The average molecular weight is 391 g/mol. The van der Waals surface area contributed by atoms with E-state index in [-0.39, 0.29) is 5.91 Å². The molecular weight excluding hydrogens is 360 g/mol. The number of carbonyl (C=O) groups is 1. The number of likely N-dealkylation sites (tertiary alicyclic amines) is 1. The van der Waals surface area contributed by atoms with E-state index in [0.29, 0.717) is 17.0 Å². The SMILES string of the molecule is C=C(C)Nc1cc(C(=O)N2CCC(c3ccc(C#N)cc3)CC2)cnc1C.CC. The summed E-state index contributed by atoms with van der Waals surface area (Å²) in [5.74, 6) is 0.448. The number of aromatic nitrogens is 1. The number of hydrogen-bond donors (Lipinski definition) is 1. The van der Waals surface area contributed by atoms with Crippen molar-refractivity contribution in [3.05, 3.63) is 71.2 Å². The van der Waals surface area contributed by atoms with Crippen molar-refractivity contribution in [2.75, 3.05) is 18.4 Å². The summed E-state index contributed by atoms with van der Waals surface area (Å²) in [6, 6.07) is 11.8. The van der Waals surface area contributed by atoms with E-state index >= 15 is 0 Å². The maximum atomic E-state index is 12.9. The summed E-state index contributed by atoms with van der Waals surface area (Å²) >= 11 is 0. The molecule has 0 radical (unpaired) electrons. The van der Waals surface area contributed by atoms with Gasteiger partial charge in [-0.25, -0.2) is 0 Å². The van der Waals surface area contributed by atoms with Crippen LogP contribution in [0.2, 0.25) is 0 Å².